The maximum absolute atomic E-state index is 14.9. The molecule has 0 bridgehead atoms. The second-order valence-electron chi connectivity index (χ2n) is 8.65. The smallest absolute Gasteiger partial charge is 0.423 e. The Balaban J connectivity index is 1.60. The summed E-state index contributed by atoms with van der Waals surface area (Å²) in [6.45, 7) is 2.60. The Bertz CT molecular complexity index is 1270. The Morgan fingerprint density at radius 2 is 1.29 bits per heavy atom. The molecule has 1 fully saturated rings. The van der Waals surface area contributed by atoms with E-state index < -0.39 is 75.6 Å². The Hall–Kier alpha value is -3.25. The van der Waals surface area contributed by atoms with Crippen molar-refractivity contribution in [3.63, 3.8) is 0 Å². The van der Waals surface area contributed by atoms with Crippen LogP contribution in [0.5, 0.6) is 5.75 Å². The lowest BCUT2D eigenvalue weighted by Crippen LogP contribution is -2.27. The number of hydrogen-bond acceptors (Lipinski definition) is 3. The van der Waals surface area contributed by atoms with Gasteiger partial charge in [0, 0.05) is 11.5 Å². The molecule has 0 aliphatic carbocycles. The lowest BCUT2D eigenvalue weighted by molar-refractivity contribution is -0.206. The summed E-state index contributed by atoms with van der Waals surface area (Å²) in [5.41, 5.74) is -3.15. The molecule has 0 radical (unpaired) electrons. The second kappa shape index (κ2) is 10.9. The maximum Gasteiger partial charge on any atom is 0.427 e. The van der Waals surface area contributed by atoms with Crippen molar-refractivity contribution in [2.45, 2.75) is 32.2 Å². The average molecular weight is 550 g/mol. The first-order valence-corrected chi connectivity index (χ1v) is 11.3. The van der Waals surface area contributed by atoms with Gasteiger partial charge < -0.3 is 14.2 Å². The van der Waals surface area contributed by atoms with E-state index >= 15 is 0 Å². The lowest BCUT2D eigenvalue weighted by atomic mass is 10.0. The van der Waals surface area contributed by atoms with Crippen LogP contribution in [0.1, 0.15) is 37.2 Å². The molecule has 1 aliphatic heterocycles. The minimum absolute atomic E-state index is 0.0157. The summed E-state index contributed by atoms with van der Waals surface area (Å²) in [7, 11) is 0. The van der Waals surface area contributed by atoms with Crippen molar-refractivity contribution >= 4 is 0 Å². The van der Waals surface area contributed by atoms with Crippen LogP contribution in [0.3, 0.4) is 0 Å². The highest BCUT2D eigenvalue weighted by atomic mass is 19.3. The molecule has 0 amide bonds. The van der Waals surface area contributed by atoms with E-state index in [-0.39, 0.29) is 23.6 Å². The van der Waals surface area contributed by atoms with Crippen LogP contribution in [0.25, 0.3) is 11.1 Å². The Morgan fingerprint density at radius 1 is 0.763 bits per heavy atom. The highest BCUT2D eigenvalue weighted by molar-refractivity contribution is 5.66. The molecule has 0 atom stereocenters. The Labute approximate surface area is 210 Å². The van der Waals surface area contributed by atoms with Crippen molar-refractivity contribution in [3.05, 3.63) is 88.2 Å². The molecule has 0 aromatic heterocycles. The highest BCUT2D eigenvalue weighted by Gasteiger charge is 2.38. The van der Waals surface area contributed by atoms with Crippen LogP contribution >= 0.6 is 0 Å². The molecule has 3 nitrogen and oxygen atoms in total. The minimum atomic E-state index is -4.72. The molecule has 0 saturated carbocycles. The van der Waals surface area contributed by atoms with E-state index in [2.05, 4.69) is 4.74 Å². The Kier molecular flexibility index (Phi) is 7.93. The van der Waals surface area contributed by atoms with Gasteiger partial charge in [-0.25, -0.2) is 30.7 Å². The van der Waals surface area contributed by atoms with Crippen molar-refractivity contribution in [2.75, 3.05) is 13.2 Å². The first-order valence-electron chi connectivity index (χ1n) is 11.3. The largest absolute Gasteiger partial charge is 0.427 e. The molecule has 3 aromatic rings. The molecular weight excluding hydrogens is 531 g/mol. The van der Waals surface area contributed by atoms with Crippen LogP contribution in [0.15, 0.2) is 36.4 Å². The fraction of sp³-hybridized carbons (Fsp3) is 0.308. The van der Waals surface area contributed by atoms with Crippen LogP contribution in [-0.4, -0.2) is 13.2 Å². The molecule has 12 heteroatoms. The van der Waals surface area contributed by atoms with Gasteiger partial charge in [-0.05, 0) is 48.4 Å². The zero-order valence-corrected chi connectivity index (χ0v) is 19.6. The van der Waals surface area contributed by atoms with Crippen LogP contribution in [0.4, 0.5) is 39.5 Å². The molecule has 0 N–H and O–H groups in total. The van der Waals surface area contributed by atoms with E-state index in [1.165, 1.54) is 0 Å². The van der Waals surface area contributed by atoms with E-state index in [1.807, 2.05) is 6.92 Å². The third-order valence-corrected chi connectivity index (χ3v) is 5.84. The Morgan fingerprint density at radius 3 is 1.79 bits per heavy atom. The quantitative estimate of drug-likeness (QED) is 0.221. The van der Waals surface area contributed by atoms with Crippen molar-refractivity contribution in [1.82, 2.24) is 0 Å². The van der Waals surface area contributed by atoms with Gasteiger partial charge in [-0.3, -0.25) is 0 Å². The van der Waals surface area contributed by atoms with Gasteiger partial charge in [0.15, 0.2) is 41.1 Å². The van der Waals surface area contributed by atoms with Crippen LogP contribution in [0.2, 0.25) is 0 Å². The number of alkyl halides is 2. The maximum atomic E-state index is 14.9. The minimum Gasteiger partial charge on any atom is -0.423 e. The van der Waals surface area contributed by atoms with Gasteiger partial charge in [-0.2, -0.15) is 8.78 Å². The number of benzene rings is 3. The number of rotatable bonds is 7. The third kappa shape index (κ3) is 5.60. The molecule has 3 aromatic carbocycles. The molecule has 4 rings (SSSR count). The predicted molar refractivity (Wildman–Crippen MR) is 116 cm³/mol. The summed E-state index contributed by atoms with van der Waals surface area (Å²) < 4.78 is 142. The summed E-state index contributed by atoms with van der Waals surface area (Å²) in [6.07, 6.45) is -4.03. The van der Waals surface area contributed by atoms with Crippen molar-refractivity contribution in [2.24, 2.45) is 5.92 Å². The predicted octanol–water partition coefficient (Wildman–Crippen LogP) is 7.92. The van der Waals surface area contributed by atoms with Gasteiger partial charge in [0.1, 0.15) is 11.6 Å². The van der Waals surface area contributed by atoms with Crippen LogP contribution in [0, 0.1) is 46.6 Å². The molecular formula is C26H19F9O3. The summed E-state index contributed by atoms with van der Waals surface area (Å²) in [6, 6.07) is 2.16. The zero-order valence-electron chi connectivity index (χ0n) is 19.6. The first-order chi connectivity index (χ1) is 17.9. The number of halogens is 9. The number of hydrogen-bond donors (Lipinski definition) is 0. The standard InChI is InChI=1S/C26H19F9O3/c1-2-3-12-10-36-25(37-11-12)14-6-16(27)22(17(28)7-14)13-4-20(31)24(21(32)5-13)38-26(34,35)15-8-18(29)23(33)19(30)9-15/h4-9,12,25H,2-3,10-11H2,1H3. The molecule has 0 unspecified atom stereocenters. The van der Waals surface area contributed by atoms with Gasteiger partial charge in [0.25, 0.3) is 0 Å². The number of ether oxygens (including phenoxy) is 3. The van der Waals surface area contributed by atoms with Crippen LogP contribution < -0.4 is 4.74 Å². The first kappa shape index (κ1) is 27.8. The summed E-state index contributed by atoms with van der Waals surface area (Å²) >= 11 is 0. The normalized spacial score (nSPS) is 18.1. The molecule has 1 saturated heterocycles. The zero-order chi connectivity index (χ0) is 27.8. The van der Waals surface area contributed by atoms with Gasteiger partial charge in [0.05, 0.1) is 24.3 Å². The van der Waals surface area contributed by atoms with Gasteiger partial charge in [-0.1, -0.05) is 13.3 Å². The summed E-state index contributed by atoms with van der Waals surface area (Å²) in [4.78, 5) is 0. The molecule has 1 heterocycles. The highest BCUT2D eigenvalue weighted by Crippen LogP contribution is 2.39. The van der Waals surface area contributed by atoms with Gasteiger partial charge in [-0.15, -0.1) is 0 Å². The van der Waals surface area contributed by atoms with Gasteiger partial charge >= 0.3 is 6.11 Å². The second-order valence-corrected chi connectivity index (χ2v) is 8.65. The van der Waals surface area contributed by atoms with E-state index in [4.69, 9.17) is 9.47 Å². The topological polar surface area (TPSA) is 27.7 Å². The SMILES string of the molecule is CCCC1COC(c2cc(F)c(-c3cc(F)c(OC(F)(F)c4cc(F)c(F)c(F)c4)c(F)c3)c(F)c2)OC1. The van der Waals surface area contributed by atoms with E-state index in [0.717, 1.165) is 25.0 Å². The molecule has 204 valence electrons. The molecule has 38 heavy (non-hydrogen) atoms. The molecule has 1 aliphatic rings. The summed E-state index contributed by atoms with van der Waals surface area (Å²) in [5.74, 6) is -13.7. The summed E-state index contributed by atoms with van der Waals surface area (Å²) in [5, 5.41) is 0. The van der Waals surface area contributed by atoms with Gasteiger partial charge in [0.2, 0.25) is 0 Å². The lowest BCUT2D eigenvalue weighted by Gasteiger charge is -2.29. The van der Waals surface area contributed by atoms with E-state index in [9.17, 15) is 39.5 Å². The average Bonchev–Trinajstić information content (AvgIpc) is 2.84. The fourth-order valence-electron chi connectivity index (χ4n) is 4.03. The van der Waals surface area contributed by atoms with E-state index in [0.29, 0.717) is 25.3 Å². The monoisotopic (exact) mass is 550 g/mol. The third-order valence-electron chi connectivity index (χ3n) is 5.84. The molecule has 0 spiro atoms. The van der Waals surface area contributed by atoms with E-state index in [1.54, 1.807) is 0 Å². The van der Waals surface area contributed by atoms with Crippen molar-refractivity contribution in [1.29, 1.82) is 0 Å². The van der Waals surface area contributed by atoms with Crippen molar-refractivity contribution < 1.29 is 53.7 Å². The van der Waals surface area contributed by atoms with Crippen LogP contribution in [-0.2, 0) is 15.6 Å². The van der Waals surface area contributed by atoms with Crippen molar-refractivity contribution in [3.8, 4) is 16.9 Å². The fourth-order valence-corrected chi connectivity index (χ4v) is 4.03.